The van der Waals surface area contributed by atoms with Crippen LogP contribution in [0.25, 0.3) is 0 Å². The van der Waals surface area contributed by atoms with Crippen molar-refractivity contribution in [1.82, 2.24) is 5.06 Å². The number of halogens is 2. The van der Waals surface area contributed by atoms with E-state index in [0.29, 0.717) is 0 Å². The molecule has 0 aliphatic heterocycles. The normalized spacial score (nSPS) is 11.9. The molecule has 0 aromatic rings. The van der Waals surface area contributed by atoms with Crippen LogP contribution in [0.3, 0.4) is 0 Å². The Morgan fingerprint density at radius 3 is 2.36 bits per heavy atom. The van der Waals surface area contributed by atoms with E-state index in [1.807, 2.05) is 0 Å². The number of alkyl halides is 2. The van der Waals surface area contributed by atoms with Gasteiger partial charge in [-0.1, -0.05) is 23.2 Å². The quantitative estimate of drug-likeness (QED) is 0.432. The molecule has 0 aliphatic rings. The van der Waals surface area contributed by atoms with Crippen molar-refractivity contribution < 1.29 is 19.1 Å². The van der Waals surface area contributed by atoms with E-state index in [9.17, 15) is 14.6 Å². The van der Waals surface area contributed by atoms with Crippen LogP contribution >= 0.6 is 30.8 Å². The minimum absolute atomic E-state index is 0.0136. The number of hydroxylamine groups is 2. The lowest BCUT2D eigenvalue weighted by atomic mass is 10.4. The van der Waals surface area contributed by atoms with Gasteiger partial charge in [0, 0.05) is 6.54 Å². The summed E-state index contributed by atoms with van der Waals surface area (Å²) in [5, 5.41) is 10.8. The molecule has 0 aliphatic carbocycles. The smallest absolute Gasteiger partial charge is 0.325 e. The van der Waals surface area contributed by atoms with Crippen LogP contribution in [0.15, 0.2) is 0 Å². The Kier molecular flexibility index (Phi) is 5.97. The van der Waals surface area contributed by atoms with Crippen LogP contribution in [-0.2, 0) is 9.36 Å². The third-order valence-corrected chi connectivity index (χ3v) is 2.52. The third-order valence-electron chi connectivity index (χ3n) is 1.24. The zero-order valence-electron chi connectivity index (χ0n) is 6.97. The van der Waals surface area contributed by atoms with E-state index in [2.05, 4.69) is 0 Å². The molecule has 0 aromatic carbocycles. The van der Waals surface area contributed by atoms with E-state index in [4.69, 9.17) is 33.0 Å². The summed E-state index contributed by atoms with van der Waals surface area (Å²) in [5.41, 5.74) is 0. The van der Waals surface area contributed by atoms with Gasteiger partial charge in [-0.05, 0) is 6.42 Å². The number of nitrogens with zero attached hydrogens (tertiary/aromatic N) is 1. The fourth-order valence-electron chi connectivity index (χ4n) is 0.639. The predicted octanol–water partition coefficient (Wildman–Crippen LogP) is 0.684. The Hall–Kier alpha value is 0.160. The van der Waals surface area contributed by atoms with Crippen molar-refractivity contribution in [1.29, 1.82) is 0 Å². The molecule has 0 radical (unpaired) electrons. The molecule has 84 valence electrons. The SMILES string of the molecule is O=C(C(Cl)Cl)N([O-])CCCP(=O)(O)O. The molecule has 0 spiro atoms. The lowest BCUT2D eigenvalue weighted by Crippen LogP contribution is -2.30. The van der Waals surface area contributed by atoms with E-state index >= 15 is 0 Å². The van der Waals surface area contributed by atoms with Gasteiger partial charge >= 0.3 is 7.60 Å². The number of carbonyl (C=O) groups excluding carboxylic acids is 1. The maximum atomic E-state index is 10.8. The maximum Gasteiger partial charge on any atom is 0.325 e. The molecule has 6 nitrogen and oxygen atoms in total. The summed E-state index contributed by atoms with van der Waals surface area (Å²) in [7, 11) is -4.12. The number of carbonyl (C=O) groups is 1. The highest BCUT2D eigenvalue weighted by Crippen LogP contribution is 2.34. The van der Waals surface area contributed by atoms with Crippen molar-refractivity contribution in [2.75, 3.05) is 12.7 Å². The molecule has 0 rings (SSSR count). The van der Waals surface area contributed by atoms with E-state index in [0.717, 1.165) is 0 Å². The van der Waals surface area contributed by atoms with Crippen LogP contribution in [0.2, 0.25) is 0 Å². The van der Waals surface area contributed by atoms with Crippen LogP contribution in [0.5, 0.6) is 0 Å². The summed E-state index contributed by atoms with van der Waals surface area (Å²) in [4.78, 5) is 26.2. The van der Waals surface area contributed by atoms with Gasteiger partial charge in [-0.25, -0.2) is 0 Å². The van der Waals surface area contributed by atoms with Gasteiger partial charge in [-0.2, -0.15) is 0 Å². The summed E-state index contributed by atoms with van der Waals surface area (Å²) >= 11 is 10.2. The van der Waals surface area contributed by atoms with Crippen LogP contribution in [0.4, 0.5) is 0 Å². The third kappa shape index (κ3) is 6.59. The Morgan fingerprint density at radius 1 is 1.50 bits per heavy atom. The molecule has 1 amide bonds. The monoisotopic (exact) mass is 264 g/mol. The largest absolute Gasteiger partial charge is 0.756 e. The Balaban J connectivity index is 3.81. The lowest BCUT2D eigenvalue weighted by Gasteiger charge is -2.28. The van der Waals surface area contributed by atoms with Gasteiger partial charge < -0.3 is 20.1 Å². The van der Waals surface area contributed by atoms with E-state index in [1.165, 1.54) is 0 Å². The summed E-state index contributed by atoms with van der Waals surface area (Å²) < 4.78 is 10.4. The van der Waals surface area contributed by atoms with Gasteiger partial charge in [-0.3, -0.25) is 9.36 Å². The molecular formula is C5H9Cl2NO5P-. The van der Waals surface area contributed by atoms with Crippen molar-refractivity contribution in [2.45, 2.75) is 11.3 Å². The Bertz CT molecular complexity index is 242. The van der Waals surface area contributed by atoms with E-state index < -0.39 is 24.5 Å². The van der Waals surface area contributed by atoms with E-state index in [1.54, 1.807) is 0 Å². The van der Waals surface area contributed by atoms with Gasteiger partial charge in [-0.15, -0.1) is 0 Å². The summed E-state index contributed by atoms with van der Waals surface area (Å²) in [6.45, 7) is -0.333. The van der Waals surface area contributed by atoms with Gasteiger partial charge in [0.2, 0.25) is 5.91 Å². The molecule has 14 heavy (non-hydrogen) atoms. The molecular weight excluding hydrogens is 256 g/mol. The minimum atomic E-state index is -4.12. The maximum absolute atomic E-state index is 10.8. The van der Waals surface area contributed by atoms with Crippen LogP contribution in [-0.4, -0.2) is 38.3 Å². The van der Waals surface area contributed by atoms with Crippen LogP contribution < -0.4 is 0 Å². The first-order valence-electron chi connectivity index (χ1n) is 3.55. The van der Waals surface area contributed by atoms with Crippen molar-refractivity contribution in [3.05, 3.63) is 5.21 Å². The van der Waals surface area contributed by atoms with Gasteiger partial charge in [0.15, 0.2) is 4.84 Å². The predicted molar refractivity (Wildman–Crippen MR) is 52.1 cm³/mol. The van der Waals surface area contributed by atoms with Crippen molar-refractivity contribution in [2.24, 2.45) is 0 Å². The standard InChI is InChI=1S/C5H9Cl2NO5P/c6-4(7)5(9)8(10)2-1-3-14(11,12)13/h4H,1-3H2,(H2,11,12,13)/q-1. The summed E-state index contributed by atoms with van der Waals surface area (Å²) in [5.74, 6) is -1.03. The zero-order chi connectivity index (χ0) is 11.4. The lowest BCUT2D eigenvalue weighted by molar-refractivity contribution is -0.126. The van der Waals surface area contributed by atoms with Crippen molar-refractivity contribution in [3.63, 3.8) is 0 Å². The van der Waals surface area contributed by atoms with Crippen LogP contribution in [0.1, 0.15) is 6.42 Å². The second-order valence-corrected chi connectivity index (χ2v) is 5.36. The molecule has 0 fully saturated rings. The molecule has 0 unspecified atom stereocenters. The first kappa shape index (κ1) is 14.2. The average Bonchev–Trinajstić information content (AvgIpc) is 2.00. The minimum Gasteiger partial charge on any atom is -0.756 e. The van der Waals surface area contributed by atoms with Crippen molar-refractivity contribution in [3.8, 4) is 0 Å². The Labute approximate surface area is 90.5 Å². The van der Waals surface area contributed by atoms with Gasteiger partial charge in [0.05, 0.1) is 6.16 Å². The number of amides is 1. The molecule has 0 bridgehead atoms. The topological polar surface area (TPSA) is 101 Å². The zero-order valence-corrected chi connectivity index (χ0v) is 9.37. The second kappa shape index (κ2) is 5.90. The molecule has 9 heteroatoms. The highest BCUT2D eigenvalue weighted by molar-refractivity contribution is 7.51. The van der Waals surface area contributed by atoms with Gasteiger partial charge in [0.25, 0.3) is 0 Å². The number of hydrogen-bond acceptors (Lipinski definition) is 3. The average molecular weight is 265 g/mol. The summed E-state index contributed by atoms with van der Waals surface area (Å²) in [6.07, 6.45) is -0.547. The molecule has 0 aromatic heterocycles. The van der Waals surface area contributed by atoms with Gasteiger partial charge in [0.1, 0.15) is 0 Å². The fourth-order valence-corrected chi connectivity index (χ4v) is 1.41. The van der Waals surface area contributed by atoms with Crippen LogP contribution in [0, 0.1) is 5.21 Å². The van der Waals surface area contributed by atoms with E-state index in [-0.39, 0.29) is 18.0 Å². The number of hydrogen-bond donors (Lipinski definition) is 2. The first-order valence-corrected chi connectivity index (χ1v) is 6.22. The highest BCUT2D eigenvalue weighted by atomic mass is 35.5. The second-order valence-electron chi connectivity index (χ2n) is 2.48. The molecule has 0 heterocycles. The number of rotatable bonds is 5. The Morgan fingerprint density at radius 2 is 2.00 bits per heavy atom. The molecule has 0 atom stereocenters. The fraction of sp³-hybridized carbons (Fsp3) is 0.800. The molecule has 0 saturated carbocycles. The van der Waals surface area contributed by atoms with Crippen molar-refractivity contribution >= 4 is 36.7 Å². The molecule has 0 saturated heterocycles. The highest BCUT2D eigenvalue weighted by Gasteiger charge is 2.15. The summed E-state index contributed by atoms with van der Waals surface area (Å²) in [6, 6.07) is 0. The molecule has 2 N–H and O–H groups in total. The first-order chi connectivity index (χ1) is 6.24.